The molecular formula is C25H26ClFN4O. The molecule has 1 N–H and O–H groups in total. The van der Waals surface area contributed by atoms with Crippen molar-refractivity contribution in [2.24, 2.45) is 0 Å². The van der Waals surface area contributed by atoms with E-state index in [1.807, 2.05) is 42.5 Å². The predicted molar refractivity (Wildman–Crippen MR) is 127 cm³/mol. The molecule has 0 amide bonds. The second kappa shape index (κ2) is 10.2. The van der Waals surface area contributed by atoms with Gasteiger partial charge in [-0.25, -0.2) is 9.07 Å². The Bertz CT molecular complexity index is 1170. The fourth-order valence-electron chi connectivity index (χ4n) is 3.75. The first-order valence-electron chi connectivity index (χ1n) is 10.7. The van der Waals surface area contributed by atoms with Crippen LogP contribution in [0.4, 0.5) is 4.39 Å². The Morgan fingerprint density at radius 3 is 2.59 bits per heavy atom. The molecule has 7 heteroatoms. The van der Waals surface area contributed by atoms with Gasteiger partial charge in [0, 0.05) is 48.9 Å². The Morgan fingerprint density at radius 1 is 1.12 bits per heavy atom. The lowest BCUT2D eigenvalue weighted by atomic mass is 10.1. The lowest BCUT2D eigenvalue weighted by molar-refractivity contribution is 0.231. The second-order valence-corrected chi connectivity index (χ2v) is 8.42. The molecule has 1 aliphatic rings. The summed E-state index contributed by atoms with van der Waals surface area (Å²) >= 11 is 5.95. The molecule has 32 heavy (non-hydrogen) atoms. The van der Waals surface area contributed by atoms with Crippen LogP contribution in [0.25, 0.3) is 17.3 Å². The Balaban J connectivity index is 1.66. The smallest absolute Gasteiger partial charge is 0.271 e. The van der Waals surface area contributed by atoms with Crippen molar-refractivity contribution in [1.29, 1.82) is 0 Å². The van der Waals surface area contributed by atoms with Crippen LogP contribution in [-0.2, 0) is 13.1 Å². The highest BCUT2D eigenvalue weighted by atomic mass is 35.5. The van der Waals surface area contributed by atoms with Gasteiger partial charge < -0.3 is 5.32 Å². The summed E-state index contributed by atoms with van der Waals surface area (Å²) in [5.41, 5.74) is 3.59. The summed E-state index contributed by atoms with van der Waals surface area (Å²) in [4.78, 5) is 15.4. The molecule has 3 aromatic rings. The molecule has 0 aliphatic carbocycles. The van der Waals surface area contributed by atoms with E-state index in [0.717, 1.165) is 37.3 Å². The van der Waals surface area contributed by atoms with Crippen LogP contribution < -0.4 is 10.9 Å². The molecule has 2 heterocycles. The lowest BCUT2D eigenvalue weighted by Crippen LogP contribution is -2.44. The van der Waals surface area contributed by atoms with Crippen molar-refractivity contribution >= 4 is 17.7 Å². The number of rotatable bonds is 6. The van der Waals surface area contributed by atoms with Gasteiger partial charge in [-0.1, -0.05) is 35.9 Å². The summed E-state index contributed by atoms with van der Waals surface area (Å²) in [5, 5.41) is 8.60. The quantitative estimate of drug-likeness (QED) is 0.611. The standard InChI is InChI=1S/C25H26ClFN4O/c1-18-15-20(6-9-23(18)27)24-16-21(17-30-13-10-28-11-14-30)25(32)31(29-24)12-2-3-19-4-7-22(26)8-5-19/h2-9,15-16,28H,10-14,17H2,1H3/b3-2+. The minimum Gasteiger partial charge on any atom is -0.314 e. The molecule has 1 saturated heterocycles. The Kier molecular flexibility index (Phi) is 7.15. The highest BCUT2D eigenvalue weighted by molar-refractivity contribution is 6.30. The predicted octanol–water partition coefficient (Wildman–Crippen LogP) is 4.13. The van der Waals surface area contributed by atoms with Gasteiger partial charge in [-0.05, 0) is 54.4 Å². The van der Waals surface area contributed by atoms with Gasteiger partial charge in [0.1, 0.15) is 5.82 Å². The van der Waals surface area contributed by atoms with Crippen LogP contribution in [0.2, 0.25) is 5.02 Å². The molecule has 0 atom stereocenters. The van der Waals surface area contributed by atoms with Gasteiger partial charge in [0.05, 0.1) is 12.2 Å². The summed E-state index contributed by atoms with van der Waals surface area (Å²) in [6.07, 6.45) is 3.85. The van der Waals surface area contributed by atoms with Crippen LogP contribution in [0.5, 0.6) is 0 Å². The first-order valence-corrected chi connectivity index (χ1v) is 11.1. The fourth-order valence-corrected chi connectivity index (χ4v) is 3.88. The van der Waals surface area contributed by atoms with Crippen molar-refractivity contribution < 1.29 is 4.39 Å². The molecule has 0 unspecified atom stereocenters. The normalized spacial score (nSPS) is 14.8. The summed E-state index contributed by atoms with van der Waals surface area (Å²) in [5.74, 6) is -0.256. The van der Waals surface area contributed by atoms with E-state index in [1.54, 1.807) is 19.1 Å². The van der Waals surface area contributed by atoms with Crippen LogP contribution in [0, 0.1) is 12.7 Å². The average molecular weight is 453 g/mol. The average Bonchev–Trinajstić information content (AvgIpc) is 2.80. The van der Waals surface area contributed by atoms with E-state index in [-0.39, 0.29) is 11.4 Å². The third-order valence-electron chi connectivity index (χ3n) is 5.56. The number of nitrogens with one attached hydrogen (secondary N) is 1. The molecule has 1 fully saturated rings. The fraction of sp³-hybridized carbons (Fsp3) is 0.280. The minimum atomic E-state index is -0.256. The molecule has 1 aliphatic heterocycles. The number of aromatic nitrogens is 2. The molecule has 4 rings (SSSR count). The third kappa shape index (κ3) is 5.51. The van der Waals surface area contributed by atoms with Crippen LogP contribution in [0.15, 0.2) is 59.4 Å². The molecule has 5 nitrogen and oxygen atoms in total. The Hall–Kier alpha value is -2.80. The van der Waals surface area contributed by atoms with Gasteiger partial charge in [0.25, 0.3) is 5.56 Å². The van der Waals surface area contributed by atoms with Crippen molar-refractivity contribution in [3.8, 4) is 11.3 Å². The van der Waals surface area contributed by atoms with Gasteiger partial charge in [-0.3, -0.25) is 9.69 Å². The van der Waals surface area contributed by atoms with E-state index in [0.29, 0.717) is 34.9 Å². The molecule has 0 radical (unpaired) electrons. The van der Waals surface area contributed by atoms with Crippen LogP contribution in [0.1, 0.15) is 16.7 Å². The highest BCUT2D eigenvalue weighted by Crippen LogP contribution is 2.20. The van der Waals surface area contributed by atoms with E-state index in [1.165, 1.54) is 10.7 Å². The number of nitrogens with zero attached hydrogens (tertiary/aromatic N) is 3. The minimum absolute atomic E-state index is 0.105. The number of allylic oxidation sites excluding steroid dienone is 1. The van der Waals surface area contributed by atoms with Gasteiger partial charge in [0.15, 0.2) is 0 Å². The molecule has 2 aromatic carbocycles. The molecular weight excluding hydrogens is 427 g/mol. The topological polar surface area (TPSA) is 50.2 Å². The maximum Gasteiger partial charge on any atom is 0.271 e. The van der Waals surface area contributed by atoms with Gasteiger partial charge >= 0.3 is 0 Å². The zero-order valence-corrected chi connectivity index (χ0v) is 18.8. The SMILES string of the molecule is Cc1cc(-c2cc(CN3CCNCC3)c(=O)n(C/C=C/c3ccc(Cl)cc3)n2)ccc1F. The van der Waals surface area contributed by atoms with E-state index in [2.05, 4.69) is 15.3 Å². The van der Waals surface area contributed by atoms with Crippen LogP contribution in [0.3, 0.4) is 0 Å². The van der Waals surface area contributed by atoms with Crippen molar-refractivity contribution in [3.63, 3.8) is 0 Å². The van der Waals surface area contributed by atoms with E-state index in [4.69, 9.17) is 11.6 Å². The molecule has 0 spiro atoms. The van der Waals surface area contributed by atoms with Crippen LogP contribution in [-0.4, -0.2) is 40.9 Å². The molecule has 166 valence electrons. The number of hydrogen-bond acceptors (Lipinski definition) is 4. The van der Waals surface area contributed by atoms with Gasteiger partial charge in [-0.15, -0.1) is 0 Å². The summed E-state index contributed by atoms with van der Waals surface area (Å²) < 4.78 is 15.3. The number of aryl methyl sites for hydroxylation is 1. The van der Waals surface area contributed by atoms with Crippen molar-refractivity contribution in [2.75, 3.05) is 26.2 Å². The monoisotopic (exact) mass is 452 g/mol. The summed E-state index contributed by atoms with van der Waals surface area (Å²) in [7, 11) is 0. The number of hydrogen-bond donors (Lipinski definition) is 1. The highest BCUT2D eigenvalue weighted by Gasteiger charge is 2.15. The van der Waals surface area contributed by atoms with Gasteiger partial charge in [0.2, 0.25) is 0 Å². The maximum atomic E-state index is 13.8. The zero-order chi connectivity index (χ0) is 22.5. The first kappa shape index (κ1) is 22.4. The molecule has 0 bridgehead atoms. The third-order valence-corrected chi connectivity index (χ3v) is 5.82. The van der Waals surface area contributed by atoms with E-state index in [9.17, 15) is 9.18 Å². The van der Waals surface area contributed by atoms with Crippen molar-refractivity contribution in [2.45, 2.75) is 20.0 Å². The molecule has 0 saturated carbocycles. The van der Waals surface area contributed by atoms with E-state index >= 15 is 0 Å². The first-order chi connectivity index (χ1) is 15.5. The van der Waals surface area contributed by atoms with Gasteiger partial charge in [-0.2, -0.15) is 5.10 Å². The number of piperazine rings is 1. The summed E-state index contributed by atoms with van der Waals surface area (Å²) in [6.45, 7) is 6.24. The Labute approximate surface area is 192 Å². The zero-order valence-electron chi connectivity index (χ0n) is 18.0. The van der Waals surface area contributed by atoms with E-state index < -0.39 is 0 Å². The van der Waals surface area contributed by atoms with Crippen LogP contribution >= 0.6 is 11.6 Å². The van der Waals surface area contributed by atoms with Crippen molar-refractivity contribution in [3.05, 3.63) is 92.5 Å². The van der Waals surface area contributed by atoms with Crippen molar-refractivity contribution in [1.82, 2.24) is 20.0 Å². The lowest BCUT2D eigenvalue weighted by Gasteiger charge is -2.27. The maximum absolute atomic E-state index is 13.8. The second-order valence-electron chi connectivity index (χ2n) is 7.99. The summed E-state index contributed by atoms with van der Waals surface area (Å²) in [6, 6.07) is 14.3. The Morgan fingerprint density at radius 2 is 1.88 bits per heavy atom. The largest absolute Gasteiger partial charge is 0.314 e. The number of halogens is 2. The number of benzene rings is 2. The molecule has 1 aromatic heterocycles.